The Balaban J connectivity index is 1.97. The third-order valence-electron chi connectivity index (χ3n) is 3.40. The summed E-state index contributed by atoms with van der Waals surface area (Å²) in [6.45, 7) is 1.82. The molecule has 2 heteroatoms. The van der Waals surface area contributed by atoms with Crippen molar-refractivity contribution >= 4 is 0 Å². The van der Waals surface area contributed by atoms with Crippen LogP contribution < -0.4 is 0 Å². The molecule has 1 heterocycles. The van der Waals surface area contributed by atoms with Gasteiger partial charge >= 0.3 is 0 Å². The van der Waals surface area contributed by atoms with Gasteiger partial charge in [-0.1, -0.05) is 12.8 Å². The number of nitrogens with zero attached hydrogens (tertiary/aromatic N) is 2. The van der Waals surface area contributed by atoms with E-state index < -0.39 is 0 Å². The minimum atomic E-state index is 0.654. The summed E-state index contributed by atoms with van der Waals surface area (Å²) in [5.41, 5.74) is 0. The van der Waals surface area contributed by atoms with Gasteiger partial charge in [0.2, 0.25) is 0 Å². The van der Waals surface area contributed by atoms with Crippen LogP contribution in [0.4, 0.5) is 0 Å². The summed E-state index contributed by atoms with van der Waals surface area (Å²) < 4.78 is 0. The molecule has 12 heavy (non-hydrogen) atoms. The van der Waals surface area contributed by atoms with Gasteiger partial charge in [0.25, 0.3) is 0 Å². The average Bonchev–Trinajstić information content (AvgIpc) is 2.50. The van der Waals surface area contributed by atoms with E-state index in [-0.39, 0.29) is 0 Å². The van der Waals surface area contributed by atoms with Crippen molar-refractivity contribution in [3.05, 3.63) is 0 Å². The van der Waals surface area contributed by atoms with Crippen LogP contribution in [0.2, 0.25) is 0 Å². The number of hydrogen-bond acceptors (Lipinski definition) is 2. The van der Waals surface area contributed by atoms with Crippen LogP contribution in [0, 0.1) is 17.2 Å². The molecule has 66 valence electrons. The Morgan fingerprint density at radius 3 is 2.92 bits per heavy atom. The van der Waals surface area contributed by atoms with E-state index in [4.69, 9.17) is 5.26 Å². The number of hydrogen-bond donors (Lipinski definition) is 0. The minimum Gasteiger partial charge on any atom is -0.287 e. The maximum atomic E-state index is 8.63. The fourth-order valence-electron chi connectivity index (χ4n) is 2.79. The third-order valence-corrected chi connectivity index (χ3v) is 3.40. The van der Waals surface area contributed by atoms with Crippen LogP contribution in [-0.2, 0) is 0 Å². The lowest BCUT2D eigenvalue weighted by atomic mass is 9.85. The molecule has 1 aliphatic heterocycles. The summed E-state index contributed by atoms with van der Waals surface area (Å²) in [5, 5.41) is 8.63. The molecule has 0 bridgehead atoms. The van der Waals surface area contributed by atoms with Crippen molar-refractivity contribution in [3.63, 3.8) is 0 Å². The Hall–Kier alpha value is -0.550. The molecule has 0 N–H and O–H groups in total. The van der Waals surface area contributed by atoms with Gasteiger partial charge in [0.15, 0.2) is 0 Å². The SMILES string of the molecule is N#CCN1CC[C@H]2CCCC[C@H]21. The fourth-order valence-corrected chi connectivity index (χ4v) is 2.79. The molecule has 1 saturated carbocycles. The van der Waals surface area contributed by atoms with Crippen molar-refractivity contribution in [1.29, 1.82) is 5.26 Å². The van der Waals surface area contributed by atoms with E-state index in [1.165, 1.54) is 38.6 Å². The highest BCUT2D eigenvalue weighted by molar-refractivity contribution is 4.93. The second-order valence-corrected chi connectivity index (χ2v) is 4.03. The Bertz CT molecular complexity index is 195. The highest BCUT2D eigenvalue weighted by Gasteiger charge is 2.34. The molecular weight excluding hydrogens is 148 g/mol. The average molecular weight is 164 g/mol. The second-order valence-electron chi connectivity index (χ2n) is 4.03. The van der Waals surface area contributed by atoms with E-state index in [0.29, 0.717) is 6.54 Å². The second kappa shape index (κ2) is 3.45. The van der Waals surface area contributed by atoms with Gasteiger partial charge in [-0.2, -0.15) is 5.26 Å². The maximum Gasteiger partial charge on any atom is 0.0868 e. The van der Waals surface area contributed by atoms with Crippen molar-refractivity contribution in [2.75, 3.05) is 13.1 Å². The van der Waals surface area contributed by atoms with Gasteiger partial charge in [-0.05, 0) is 31.7 Å². The zero-order chi connectivity index (χ0) is 8.39. The van der Waals surface area contributed by atoms with Crippen molar-refractivity contribution in [2.24, 2.45) is 5.92 Å². The molecule has 1 saturated heterocycles. The summed E-state index contributed by atoms with van der Waals surface area (Å²) in [7, 11) is 0. The minimum absolute atomic E-state index is 0.654. The Morgan fingerprint density at radius 2 is 2.08 bits per heavy atom. The van der Waals surface area contributed by atoms with Crippen LogP contribution in [0.1, 0.15) is 32.1 Å². The van der Waals surface area contributed by atoms with E-state index in [1.807, 2.05) is 0 Å². The molecule has 2 nitrogen and oxygen atoms in total. The number of nitriles is 1. The largest absolute Gasteiger partial charge is 0.287 e. The lowest BCUT2D eigenvalue weighted by molar-refractivity contribution is 0.199. The number of likely N-dealkylation sites (tertiary alicyclic amines) is 1. The molecule has 2 atom stereocenters. The molecule has 0 unspecified atom stereocenters. The Labute approximate surface area is 74.2 Å². The molecule has 0 aromatic heterocycles. The maximum absolute atomic E-state index is 8.63. The first-order valence-electron chi connectivity index (χ1n) is 5.03. The summed E-state index contributed by atoms with van der Waals surface area (Å²) in [6, 6.07) is 3.03. The molecule has 0 aromatic rings. The van der Waals surface area contributed by atoms with Crippen LogP contribution in [-0.4, -0.2) is 24.0 Å². The highest BCUT2D eigenvalue weighted by atomic mass is 15.2. The monoisotopic (exact) mass is 164 g/mol. The lowest BCUT2D eigenvalue weighted by Gasteiger charge is -2.30. The first-order valence-corrected chi connectivity index (χ1v) is 5.03. The molecule has 0 amide bonds. The van der Waals surface area contributed by atoms with Gasteiger partial charge in [0, 0.05) is 6.04 Å². The molecule has 2 rings (SSSR count). The summed E-state index contributed by atoms with van der Waals surface area (Å²) in [6.07, 6.45) is 6.88. The zero-order valence-corrected chi connectivity index (χ0v) is 7.50. The molecular formula is C10H16N2. The van der Waals surface area contributed by atoms with Crippen LogP contribution in [0.3, 0.4) is 0 Å². The third kappa shape index (κ3) is 1.34. The molecule has 0 spiro atoms. The molecule has 0 aromatic carbocycles. The topological polar surface area (TPSA) is 27.0 Å². The highest BCUT2D eigenvalue weighted by Crippen LogP contribution is 2.35. The van der Waals surface area contributed by atoms with Crippen LogP contribution in [0.5, 0.6) is 0 Å². The van der Waals surface area contributed by atoms with E-state index in [0.717, 1.165) is 12.0 Å². The summed E-state index contributed by atoms with van der Waals surface area (Å²) >= 11 is 0. The predicted molar refractivity (Wildman–Crippen MR) is 47.5 cm³/mol. The van der Waals surface area contributed by atoms with Gasteiger partial charge in [0.05, 0.1) is 12.6 Å². The number of rotatable bonds is 1. The fraction of sp³-hybridized carbons (Fsp3) is 0.900. The quantitative estimate of drug-likeness (QED) is 0.552. The van der Waals surface area contributed by atoms with Crippen molar-refractivity contribution < 1.29 is 0 Å². The van der Waals surface area contributed by atoms with E-state index in [2.05, 4.69) is 11.0 Å². The summed E-state index contributed by atoms with van der Waals surface area (Å²) in [5.74, 6) is 0.923. The predicted octanol–water partition coefficient (Wildman–Crippen LogP) is 1.77. The van der Waals surface area contributed by atoms with E-state index in [1.54, 1.807) is 0 Å². The summed E-state index contributed by atoms with van der Waals surface area (Å²) in [4.78, 5) is 2.38. The van der Waals surface area contributed by atoms with Crippen LogP contribution >= 0.6 is 0 Å². The molecule has 0 radical (unpaired) electrons. The first kappa shape index (κ1) is 8.07. The first-order chi connectivity index (χ1) is 5.92. The van der Waals surface area contributed by atoms with Gasteiger partial charge in [0.1, 0.15) is 0 Å². The van der Waals surface area contributed by atoms with Crippen molar-refractivity contribution in [2.45, 2.75) is 38.1 Å². The van der Waals surface area contributed by atoms with E-state index >= 15 is 0 Å². The van der Waals surface area contributed by atoms with Gasteiger partial charge in [-0.25, -0.2) is 0 Å². The van der Waals surface area contributed by atoms with Gasteiger partial charge in [-0.3, -0.25) is 4.90 Å². The standard InChI is InChI=1S/C10H16N2/c11-6-8-12-7-5-9-3-1-2-4-10(9)12/h9-10H,1-5,7-8H2/t9-,10-/m1/s1. The van der Waals surface area contributed by atoms with Gasteiger partial charge < -0.3 is 0 Å². The van der Waals surface area contributed by atoms with Crippen LogP contribution in [0.25, 0.3) is 0 Å². The molecule has 2 fully saturated rings. The van der Waals surface area contributed by atoms with Gasteiger partial charge in [-0.15, -0.1) is 0 Å². The smallest absolute Gasteiger partial charge is 0.0868 e. The molecule has 2 aliphatic rings. The van der Waals surface area contributed by atoms with Crippen LogP contribution in [0.15, 0.2) is 0 Å². The number of fused-ring (bicyclic) bond motifs is 1. The molecule has 1 aliphatic carbocycles. The zero-order valence-electron chi connectivity index (χ0n) is 7.50. The van der Waals surface area contributed by atoms with Crippen molar-refractivity contribution in [3.8, 4) is 6.07 Å². The van der Waals surface area contributed by atoms with Crippen molar-refractivity contribution in [1.82, 2.24) is 4.90 Å². The Kier molecular flexibility index (Phi) is 2.32. The Morgan fingerprint density at radius 1 is 1.25 bits per heavy atom. The van der Waals surface area contributed by atoms with E-state index in [9.17, 15) is 0 Å². The lowest BCUT2D eigenvalue weighted by Crippen LogP contribution is -2.34. The normalized spacial score (nSPS) is 35.9.